The third-order valence-electron chi connectivity index (χ3n) is 4.17. The molecule has 29 heavy (non-hydrogen) atoms. The highest BCUT2D eigenvalue weighted by atomic mass is 16.5. The Morgan fingerprint density at radius 3 is 2.83 bits per heavy atom. The average Bonchev–Trinajstić information content (AvgIpc) is 3.19. The molecule has 1 aromatic heterocycles. The van der Waals surface area contributed by atoms with Crippen LogP contribution in [-0.4, -0.2) is 69.8 Å². The Labute approximate surface area is 169 Å². The molecule has 0 saturated carbocycles. The van der Waals surface area contributed by atoms with Crippen LogP contribution in [0.3, 0.4) is 0 Å². The fourth-order valence-corrected chi connectivity index (χ4v) is 2.93. The van der Waals surface area contributed by atoms with Crippen molar-refractivity contribution in [3.63, 3.8) is 0 Å². The molecule has 0 saturated heterocycles. The summed E-state index contributed by atoms with van der Waals surface area (Å²) in [7, 11) is 3.33. The van der Waals surface area contributed by atoms with Crippen LogP contribution in [0.4, 0.5) is 4.79 Å². The monoisotopic (exact) mass is 408 g/mol. The molecule has 0 aliphatic carbocycles. The van der Waals surface area contributed by atoms with Gasteiger partial charge in [-0.2, -0.15) is 0 Å². The second-order valence-electron chi connectivity index (χ2n) is 6.53. The largest absolute Gasteiger partial charge is 0.467 e. The zero-order chi connectivity index (χ0) is 21.2. The highest BCUT2D eigenvalue weighted by Crippen LogP contribution is 2.28. The molecule has 10 heteroatoms. The van der Waals surface area contributed by atoms with Gasteiger partial charge in [-0.25, -0.2) is 9.59 Å². The van der Waals surface area contributed by atoms with Crippen molar-refractivity contribution in [3.05, 3.63) is 35.4 Å². The SMILES string of the molecule is CCOC(=O)C1=C(CN(C)CC(=O)NCCCOC)NC(=O)NC1c1ccco1. The third kappa shape index (κ3) is 6.61. The lowest BCUT2D eigenvalue weighted by atomic mass is 10.00. The van der Waals surface area contributed by atoms with E-state index in [-0.39, 0.29) is 31.2 Å². The van der Waals surface area contributed by atoms with Gasteiger partial charge in [-0.15, -0.1) is 0 Å². The highest BCUT2D eigenvalue weighted by Gasteiger charge is 2.35. The van der Waals surface area contributed by atoms with Crippen LogP contribution in [0, 0.1) is 0 Å². The first-order valence-electron chi connectivity index (χ1n) is 9.41. The van der Waals surface area contributed by atoms with Crippen molar-refractivity contribution in [1.82, 2.24) is 20.9 Å². The first kappa shape index (κ1) is 22.4. The van der Waals surface area contributed by atoms with Crippen LogP contribution in [-0.2, 0) is 19.1 Å². The highest BCUT2D eigenvalue weighted by molar-refractivity contribution is 5.95. The number of amides is 3. The van der Waals surface area contributed by atoms with Gasteiger partial charge in [-0.05, 0) is 32.5 Å². The van der Waals surface area contributed by atoms with Gasteiger partial charge in [-0.3, -0.25) is 9.69 Å². The maximum Gasteiger partial charge on any atom is 0.338 e. The number of ether oxygens (including phenoxy) is 2. The molecule has 0 radical (unpaired) electrons. The number of esters is 1. The van der Waals surface area contributed by atoms with Crippen LogP contribution in [0.2, 0.25) is 0 Å². The van der Waals surface area contributed by atoms with E-state index in [1.54, 1.807) is 38.1 Å². The topological polar surface area (TPSA) is 122 Å². The summed E-state index contributed by atoms with van der Waals surface area (Å²) in [5.74, 6) is -0.308. The van der Waals surface area contributed by atoms with Gasteiger partial charge in [0, 0.05) is 32.5 Å². The normalized spacial score (nSPS) is 16.4. The number of nitrogens with one attached hydrogen (secondary N) is 3. The van der Waals surface area contributed by atoms with Gasteiger partial charge in [0.2, 0.25) is 5.91 Å². The minimum atomic E-state index is -0.774. The van der Waals surface area contributed by atoms with Gasteiger partial charge >= 0.3 is 12.0 Å². The second-order valence-corrected chi connectivity index (χ2v) is 6.53. The van der Waals surface area contributed by atoms with Crippen LogP contribution in [0.15, 0.2) is 34.1 Å². The summed E-state index contributed by atoms with van der Waals surface area (Å²) in [6.07, 6.45) is 2.18. The van der Waals surface area contributed by atoms with E-state index in [1.165, 1.54) is 6.26 Å². The number of nitrogens with zero attached hydrogens (tertiary/aromatic N) is 1. The van der Waals surface area contributed by atoms with E-state index < -0.39 is 18.0 Å². The fraction of sp³-hybridized carbons (Fsp3) is 0.526. The molecule has 0 aromatic carbocycles. The summed E-state index contributed by atoms with van der Waals surface area (Å²) in [4.78, 5) is 38.5. The molecule has 1 aliphatic heterocycles. The average molecular weight is 408 g/mol. The van der Waals surface area contributed by atoms with Crippen LogP contribution < -0.4 is 16.0 Å². The molecule has 2 rings (SSSR count). The van der Waals surface area contributed by atoms with E-state index in [1.807, 2.05) is 0 Å². The van der Waals surface area contributed by atoms with E-state index in [4.69, 9.17) is 13.9 Å². The number of methoxy groups -OCH3 is 1. The Hall–Kier alpha value is -2.85. The van der Waals surface area contributed by atoms with Crippen molar-refractivity contribution in [1.29, 1.82) is 0 Å². The van der Waals surface area contributed by atoms with Gasteiger partial charge in [0.25, 0.3) is 0 Å². The molecule has 0 fully saturated rings. The first-order chi connectivity index (χ1) is 14.0. The molecule has 3 N–H and O–H groups in total. The zero-order valence-electron chi connectivity index (χ0n) is 16.9. The lowest BCUT2D eigenvalue weighted by molar-refractivity contribution is -0.139. The number of hydrogen-bond acceptors (Lipinski definition) is 7. The minimum Gasteiger partial charge on any atom is -0.467 e. The Balaban J connectivity index is 2.14. The summed E-state index contributed by atoms with van der Waals surface area (Å²) in [6.45, 7) is 3.24. The Morgan fingerprint density at radius 1 is 1.38 bits per heavy atom. The quantitative estimate of drug-likeness (QED) is 0.361. The molecule has 10 nitrogen and oxygen atoms in total. The van der Waals surface area contributed by atoms with E-state index in [2.05, 4.69) is 16.0 Å². The summed E-state index contributed by atoms with van der Waals surface area (Å²) in [5.41, 5.74) is 0.608. The van der Waals surface area contributed by atoms with Gasteiger partial charge in [0.1, 0.15) is 11.8 Å². The molecule has 0 bridgehead atoms. The van der Waals surface area contributed by atoms with Crippen LogP contribution in [0.25, 0.3) is 0 Å². The Kier molecular flexibility index (Phi) is 8.68. The molecule has 3 amide bonds. The molecule has 1 unspecified atom stereocenters. The van der Waals surface area contributed by atoms with Gasteiger partial charge < -0.3 is 29.8 Å². The van der Waals surface area contributed by atoms with Crippen molar-refractivity contribution in [2.24, 2.45) is 0 Å². The molecule has 2 heterocycles. The smallest absolute Gasteiger partial charge is 0.338 e. The molecular formula is C19H28N4O6. The first-order valence-corrected chi connectivity index (χ1v) is 9.41. The van der Waals surface area contributed by atoms with Gasteiger partial charge in [0.05, 0.1) is 25.0 Å². The molecule has 1 aromatic rings. The molecule has 1 aliphatic rings. The van der Waals surface area contributed by atoms with Gasteiger partial charge in [0.15, 0.2) is 0 Å². The number of furan rings is 1. The van der Waals surface area contributed by atoms with Crippen molar-refractivity contribution >= 4 is 17.9 Å². The number of rotatable bonds is 11. The van der Waals surface area contributed by atoms with E-state index in [9.17, 15) is 14.4 Å². The van der Waals surface area contributed by atoms with Crippen LogP contribution in [0.1, 0.15) is 25.1 Å². The predicted molar refractivity (Wildman–Crippen MR) is 104 cm³/mol. The molecule has 1 atom stereocenters. The summed E-state index contributed by atoms with van der Waals surface area (Å²) in [6, 6.07) is 2.10. The number of carbonyl (C=O) groups excluding carboxylic acids is 3. The minimum absolute atomic E-state index is 0.0985. The predicted octanol–water partition coefficient (Wildman–Crippen LogP) is 0.535. The Bertz CT molecular complexity index is 731. The summed E-state index contributed by atoms with van der Waals surface area (Å²) in [5, 5.41) is 8.14. The maximum absolute atomic E-state index is 12.6. The molecule has 0 spiro atoms. The molecule has 160 valence electrons. The van der Waals surface area contributed by atoms with Crippen molar-refractivity contribution in [2.45, 2.75) is 19.4 Å². The lowest BCUT2D eigenvalue weighted by Gasteiger charge is -2.29. The number of carbonyl (C=O) groups is 3. The number of hydrogen-bond donors (Lipinski definition) is 3. The standard InChI is InChI=1S/C19H28N4O6/c1-4-28-18(25)16-13(11-23(2)12-15(24)20-8-6-9-27-3)21-19(26)22-17(16)14-7-5-10-29-14/h5,7,10,17H,4,6,8-9,11-12H2,1-3H3,(H,20,24)(H2,21,22,26). The fourth-order valence-electron chi connectivity index (χ4n) is 2.93. The van der Waals surface area contributed by atoms with Crippen molar-refractivity contribution in [2.75, 3.05) is 47.0 Å². The third-order valence-corrected chi connectivity index (χ3v) is 4.17. The number of likely N-dealkylation sites (N-methyl/N-ethyl adjacent to an activating group) is 1. The lowest BCUT2D eigenvalue weighted by Crippen LogP contribution is -2.48. The van der Waals surface area contributed by atoms with E-state index >= 15 is 0 Å². The van der Waals surface area contributed by atoms with E-state index in [0.29, 0.717) is 24.6 Å². The number of urea groups is 1. The summed E-state index contributed by atoms with van der Waals surface area (Å²) < 4.78 is 15.5. The van der Waals surface area contributed by atoms with Crippen LogP contribution in [0.5, 0.6) is 0 Å². The van der Waals surface area contributed by atoms with Gasteiger partial charge in [-0.1, -0.05) is 0 Å². The van der Waals surface area contributed by atoms with Crippen molar-refractivity contribution < 1.29 is 28.3 Å². The van der Waals surface area contributed by atoms with E-state index in [0.717, 1.165) is 6.42 Å². The molecular weight excluding hydrogens is 380 g/mol. The Morgan fingerprint density at radius 2 is 2.17 bits per heavy atom. The maximum atomic E-state index is 12.6. The zero-order valence-corrected chi connectivity index (χ0v) is 16.9. The second kappa shape index (κ2) is 11.2. The van der Waals surface area contributed by atoms with Crippen molar-refractivity contribution in [3.8, 4) is 0 Å². The van der Waals surface area contributed by atoms with Crippen LogP contribution >= 0.6 is 0 Å². The summed E-state index contributed by atoms with van der Waals surface area (Å²) >= 11 is 0.